The summed E-state index contributed by atoms with van der Waals surface area (Å²) in [5, 5.41) is 3.08. The molecule has 0 atom stereocenters. The molecule has 1 aliphatic rings. The third-order valence-corrected chi connectivity index (χ3v) is 5.03. The van der Waals surface area contributed by atoms with Crippen LogP contribution in [0.3, 0.4) is 0 Å². The number of likely N-dealkylation sites (tertiary alicyclic amines) is 1. The van der Waals surface area contributed by atoms with Gasteiger partial charge in [0.1, 0.15) is 5.82 Å². The first-order chi connectivity index (χ1) is 11.1. The summed E-state index contributed by atoms with van der Waals surface area (Å²) in [5.74, 6) is 0.648. The van der Waals surface area contributed by atoms with Gasteiger partial charge in [-0.2, -0.15) is 0 Å². The van der Waals surface area contributed by atoms with Crippen LogP contribution in [0.4, 0.5) is 0 Å². The van der Waals surface area contributed by atoms with E-state index in [2.05, 4.69) is 67.0 Å². The predicted octanol–water partition coefficient (Wildman–Crippen LogP) is 1.53. The highest BCUT2D eigenvalue weighted by Gasteiger charge is 2.36. The highest BCUT2D eigenvalue weighted by Crippen LogP contribution is 2.26. The van der Waals surface area contributed by atoms with Gasteiger partial charge in [-0.15, -0.1) is 0 Å². The summed E-state index contributed by atoms with van der Waals surface area (Å²) in [6.45, 7) is 8.93. The Balaban J connectivity index is 2.01. The van der Waals surface area contributed by atoms with Crippen molar-refractivity contribution in [2.24, 2.45) is 0 Å². The van der Waals surface area contributed by atoms with Gasteiger partial charge in [0, 0.05) is 29.9 Å². The number of rotatable bonds is 4. The summed E-state index contributed by atoms with van der Waals surface area (Å²) in [5.41, 5.74) is 0.428. The van der Waals surface area contributed by atoms with Crippen molar-refractivity contribution in [2.45, 2.75) is 44.6 Å². The Bertz CT molecular complexity index is 554. The van der Waals surface area contributed by atoms with E-state index in [-0.39, 0.29) is 16.9 Å². The van der Waals surface area contributed by atoms with Crippen LogP contribution in [0.5, 0.6) is 0 Å². The molecule has 0 aromatic carbocycles. The molecule has 0 aliphatic carbocycles. The van der Waals surface area contributed by atoms with E-state index in [9.17, 15) is 4.79 Å². The molecule has 6 heteroatoms. The van der Waals surface area contributed by atoms with Crippen LogP contribution >= 0.6 is 0 Å². The van der Waals surface area contributed by atoms with Crippen molar-refractivity contribution in [3.05, 3.63) is 23.8 Å². The van der Waals surface area contributed by atoms with Crippen molar-refractivity contribution in [3.63, 3.8) is 0 Å². The van der Waals surface area contributed by atoms with E-state index in [1.807, 2.05) is 0 Å². The standard InChI is InChI=1S/C18H31N5O/c1-17(2,3)16-19-11-14(12-20-16)15(24)21-13-18(22(4)5)7-9-23(6)10-8-18/h11-12H,7-10,13H2,1-6H3,(H,21,24). The number of nitrogens with one attached hydrogen (secondary N) is 1. The lowest BCUT2D eigenvalue weighted by Gasteiger charge is -2.45. The molecule has 2 rings (SSSR count). The van der Waals surface area contributed by atoms with Crippen LogP contribution in [0, 0.1) is 0 Å². The number of piperidine rings is 1. The van der Waals surface area contributed by atoms with Crippen LogP contribution < -0.4 is 5.32 Å². The van der Waals surface area contributed by atoms with Crippen LogP contribution in [0.25, 0.3) is 0 Å². The third-order valence-electron chi connectivity index (χ3n) is 5.03. The fourth-order valence-electron chi connectivity index (χ4n) is 3.00. The normalized spacial score (nSPS) is 18.6. The van der Waals surface area contributed by atoms with Gasteiger partial charge < -0.3 is 15.1 Å². The Morgan fingerprint density at radius 3 is 2.25 bits per heavy atom. The second-order valence-electron chi connectivity index (χ2n) is 8.15. The summed E-state index contributed by atoms with van der Waals surface area (Å²) in [6.07, 6.45) is 5.35. The lowest BCUT2D eigenvalue weighted by atomic mass is 9.86. The molecule has 1 N–H and O–H groups in total. The van der Waals surface area contributed by atoms with Gasteiger partial charge in [-0.1, -0.05) is 20.8 Å². The summed E-state index contributed by atoms with van der Waals surface area (Å²) >= 11 is 0. The number of likely N-dealkylation sites (N-methyl/N-ethyl adjacent to an activating group) is 1. The summed E-state index contributed by atoms with van der Waals surface area (Å²) in [6, 6.07) is 0. The van der Waals surface area contributed by atoms with Crippen LogP contribution in [0.2, 0.25) is 0 Å². The van der Waals surface area contributed by atoms with Gasteiger partial charge in [0.05, 0.1) is 5.56 Å². The minimum atomic E-state index is -0.113. The van der Waals surface area contributed by atoms with E-state index in [1.165, 1.54) is 0 Å². The van der Waals surface area contributed by atoms with Gasteiger partial charge in [-0.25, -0.2) is 9.97 Å². The van der Waals surface area contributed by atoms with Gasteiger partial charge >= 0.3 is 0 Å². The van der Waals surface area contributed by atoms with E-state index in [0.717, 1.165) is 31.8 Å². The lowest BCUT2D eigenvalue weighted by Crippen LogP contribution is -2.57. The fourth-order valence-corrected chi connectivity index (χ4v) is 3.00. The van der Waals surface area contributed by atoms with Crippen LogP contribution in [0.1, 0.15) is 49.8 Å². The maximum atomic E-state index is 12.5. The van der Waals surface area contributed by atoms with E-state index < -0.39 is 0 Å². The molecule has 134 valence electrons. The Labute approximate surface area is 145 Å². The molecule has 0 radical (unpaired) electrons. The number of hydrogen-bond acceptors (Lipinski definition) is 5. The van der Waals surface area contributed by atoms with Crippen LogP contribution in [0.15, 0.2) is 12.4 Å². The van der Waals surface area contributed by atoms with E-state index in [0.29, 0.717) is 12.1 Å². The molecule has 0 spiro atoms. The minimum Gasteiger partial charge on any atom is -0.350 e. The smallest absolute Gasteiger partial charge is 0.254 e. The Kier molecular flexibility index (Phi) is 5.60. The topological polar surface area (TPSA) is 61.4 Å². The molecule has 0 bridgehead atoms. The molecule has 0 unspecified atom stereocenters. The summed E-state index contributed by atoms with van der Waals surface area (Å²) in [4.78, 5) is 25.7. The van der Waals surface area contributed by atoms with Gasteiger partial charge in [0.2, 0.25) is 0 Å². The van der Waals surface area contributed by atoms with Gasteiger partial charge in [0.25, 0.3) is 5.91 Å². The zero-order chi connectivity index (χ0) is 18.0. The van der Waals surface area contributed by atoms with Gasteiger partial charge in [0.15, 0.2) is 0 Å². The van der Waals surface area contributed by atoms with Crippen molar-refractivity contribution < 1.29 is 4.79 Å². The maximum absolute atomic E-state index is 12.5. The van der Waals surface area contributed by atoms with Crippen molar-refractivity contribution in [1.29, 1.82) is 0 Å². The maximum Gasteiger partial charge on any atom is 0.254 e. The van der Waals surface area contributed by atoms with Crippen LogP contribution in [-0.2, 0) is 5.41 Å². The Hall–Kier alpha value is -1.53. The van der Waals surface area contributed by atoms with E-state index >= 15 is 0 Å². The molecule has 24 heavy (non-hydrogen) atoms. The largest absolute Gasteiger partial charge is 0.350 e. The highest BCUT2D eigenvalue weighted by atomic mass is 16.1. The number of hydrogen-bond donors (Lipinski definition) is 1. The third kappa shape index (κ3) is 4.30. The first-order valence-electron chi connectivity index (χ1n) is 8.61. The highest BCUT2D eigenvalue weighted by molar-refractivity contribution is 5.93. The fraction of sp³-hybridized carbons (Fsp3) is 0.722. The SMILES string of the molecule is CN1CCC(CNC(=O)c2cnc(C(C)(C)C)nc2)(N(C)C)CC1. The van der Waals surface area contributed by atoms with E-state index in [4.69, 9.17) is 0 Å². The second kappa shape index (κ2) is 7.15. The van der Waals surface area contributed by atoms with Gasteiger partial charge in [-0.3, -0.25) is 4.79 Å². The number of aromatic nitrogens is 2. The molecule has 1 fully saturated rings. The summed E-state index contributed by atoms with van der Waals surface area (Å²) in [7, 11) is 6.34. The van der Waals surface area contributed by atoms with Crippen molar-refractivity contribution in [1.82, 2.24) is 25.1 Å². The molecule has 0 saturated carbocycles. The molecule has 1 aromatic heterocycles. The molecule has 1 aromatic rings. The molecule has 2 heterocycles. The number of nitrogens with zero attached hydrogens (tertiary/aromatic N) is 4. The number of amides is 1. The van der Waals surface area contributed by atoms with E-state index in [1.54, 1.807) is 12.4 Å². The molecular weight excluding hydrogens is 302 g/mol. The first-order valence-corrected chi connectivity index (χ1v) is 8.61. The number of carbonyl (C=O) groups excluding carboxylic acids is 1. The van der Waals surface area contributed by atoms with Crippen molar-refractivity contribution in [3.8, 4) is 0 Å². The van der Waals surface area contributed by atoms with Crippen LogP contribution in [-0.4, -0.2) is 72.0 Å². The quantitative estimate of drug-likeness (QED) is 0.905. The molecule has 1 amide bonds. The molecular formula is C18H31N5O. The monoisotopic (exact) mass is 333 g/mol. The zero-order valence-electron chi connectivity index (χ0n) is 15.9. The zero-order valence-corrected chi connectivity index (χ0v) is 15.9. The Morgan fingerprint density at radius 1 is 1.25 bits per heavy atom. The lowest BCUT2D eigenvalue weighted by molar-refractivity contribution is 0.0611. The molecule has 6 nitrogen and oxygen atoms in total. The summed E-state index contributed by atoms with van der Waals surface area (Å²) < 4.78 is 0. The predicted molar refractivity (Wildman–Crippen MR) is 96.2 cm³/mol. The molecule has 1 aliphatic heterocycles. The van der Waals surface area contributed by atoms with Crippen molar-refractivity contribution in [2.75, 3.05) is 40.8 Å². The number of carbonyl (C=O) groups is 1. The van der Waals surface area contributed by atoms with Crippen molar-refractivity contribution >= 4 is 5.91 Å². The first kappa shape index (κ1) is 18.8. The average Bonchev–Trinajstić information content (AvgIpc) is 2.53. The molecule has 1 saturated heterocycles. The van der Waals surface area contributed by atoms with Gasteiger partial charge in [-0.05, 0) is 47.1 Å². The Morgan fingerprint density at radius 2 is 1.79 bits per heavy atom. The second-order valence-corrected chi connectivity index (χ2v) is 8.15. The minimum absolute atomic E-state index is 0.0222. The average molecular weight is 333 g/mol.